The van der Waals surface area contributed by atoms with E-state index < -0.39 is 0 Å². The van der Waals surface area contributed by atoms with E-state index in [4.69, 9.17) is 9.15 Å². The fourth-order valence-electron chi connectivity index (χ4n) is 3.58. The highest BCUT2D eigenvalue weighted by Gasteiger charge is 2.29. The number of methoxy groups -OCH3 is 1. The second kappa shape index (κ2) is 7.48. The SMILES string of the molecule is COc1cccc2cc(CN[C@H]3CCN(C(=O)C(C)C)C[C@@H]3C)oc12. The van der Waals surface area contributed by atoms with Gasteiger partial charge in [-0.25, -0.2) is 0 Å². The van der Waals surface area contributed by atoms with E-state index in [1.165, 1.54) is 0 Å². The summed E-state index contributed by atoms with van der Waals surface area (Å²) in [5, 5.41) is 4.66. The number of carbonyl (C=O) groups excluding carboxylic acids is 1. The van der Waals surface area contributed by atoms with Crippen LogP contribution in [0.1, 0.15) is 33.0 Å². The van der Waals surface area contributed by atoms with Gasteiger partial charge in [-0.2, -0.15) is 0 Å². The third-order valence-corrected chi connectivity index (χ3v) is 5.03. The number of benzene rings is 1. The molecule has 2 atom stereocenters. The highest BCUT2D eigenvalue weighted by atomic mass is 16.5. The number of nitrogens with zero attached hydrogens (tertiary/aromatic N) is 1. The van der Waals surface area contributed by atoms with Crippen molar-refractivity contribution in [3.05, 3.63) is 30.0 Å². The van der Waals surface area contributed by atoms with E-state index in [1.54, 1.807) is 7.11 Å². The number of hydrogen-bond donors (Lipinski definition) is 1. The van der Waals surface area contributed by atoms with Crippen molar-refractivity contribution >= 4 is 16.9 Å². The Morgan fingerprint density at radius 3 is 2.92 bits per heavy atom. The molecule has 1 saturated heterocycles. The minimum Gasteiger partial charge on any atom is -0.493 e. The summed E-state index contributed by atoms with van der Waals surface area (Å²) >= 11 is 0. The molecule has 0 saturated carbocycles. The second-order valence-corrected chi connectivity index (χ2v) is 7.28. The molecule has 1 amide bonds. The first-order valence-electron chi connectivity index (χ1n) is 9.07. The topological polar surface area (TPSA) is 54.7 Å². The number of ether oxygens (including phenoxy) is 1. The Morgan fingerprint density at radius 2 is 2.24 bits per heavy atom. The molecule has 0 radical (unpaired) electrons. The average Bonchev–Trinajstić information content (AvgIpc) is 3.02. The number of rotatable bonds is 5. The first kappa shape index (κ1) is 17.8. The van der Waals surface area contributed by atoms with E-state index in [-0.39, 0.29) is 11.8 Å². The van der Waals surface area contributed by atoms with Gasteiger partial charge in [-0.1, -0.05) is 32.9 Å². The average molecular weight is 344 g/mol. The van der Waals surface area contributed by atoms with Crippen LogP contribution in [-0.4, -0.2) is 37.0 Å². The van der Waals surface area contributed by atoms with Gasteiger partial charge >= 0.3 is 0 Å². The maximum Gasteiger partial charge on any atom is 0.225 e. The van der Waals surface area contributed by atoms with Gasteiger partial charge in [0.15, 0.2) is 11.3 Å². The van der Waals surface area contributed by atoms with E-state index in [1.807, 2.05) is 36.9 Å². The molecule has 5 heteroatoms. The van der Waals surface area contributed by atoms with E-state index in [2.05, 4.69) is 18.3 Å². The number of fused-ring (bicyclic) bond motifs is 1. The van der Waals surface area contributed by atoms with Crippen molar-refractivity contribution in [2.45, 2.75) is 39.8 Å². The summed E-state index contributed by atoms with van der Waals surface area (Å²) in [6.07, 6.45) is 0.975. The third kappa shape index (κ3) is 3.82. The molecular formula is C20H28N2O3. The molecule has 0 spiro atoms. The first-order valence-corrected chi connectivity index (χ1v) is 9.07. The monoisotopic (exact) mass is 344 g/mol. The van der Waals surface area contributed by atoms with Crippen molar-refractivity contribution in [2.24, 2.45) is 11.8 Å². The van der Waals surface area contributed by atoms with Crippen LogP contribution in [0, 0.1) is 11.8 Å². The summed E-state index contributed by atoms with van der Waals surface area (Å²) in [6.45, 7) is 8.47. The molecule has 1 fully saturated rings. The lowest BCUT2D eigenvalue weighted by molar-refractivity contribution is -0.136. The van der Waals surface area contributed by atoms with Crippen LogP contribution >= 0.6 is 0 Å². The number of carbonyl (C=O) groups is 1. The normalized spacial score (nSPS) is 21.1. The molecule has 3 rings (SSSR count). The van der Waals surface area contributed by atoms with Crippen LogP contribution in [0.15, 0.2) is 28.7 Å². The number of piperidine rings is 1. The molecular weight excluding hydrogens is 316 g/mol. The Hall–Kier alpha value is -2.01. The minimum absolute atomic E-state index is 0.0715. The van der Waals surface area contributed by atoms with E-state index in [9.17, 15) is 4.79 Å². The fourth-order valence-corrected chi connectivity index (χ4v) is 3.58. The van der Waals surface area contributed by atoms with Gasteiger partial charge in [0, 0.05) is 30.4 Å². The van der Waals surface area contributed by atoms with E-state index >= 15 is 0 Å². The Balaban J connectivity index is 1.60. The molecule has 136 valence electrons. The highest BCUT2D eigenvalue weighted by Crippen LogP contribution is 2.28. The summed E-state index contributed by atoms with van der Waals surface area (Å²) in [5.41, 5.74) is 0.798. The van der Waals surface area contributed by atoms with Crippen molar-refractivity contribution in [2.75, 3.05) is 20.2 Å². The molecule has 2 heterocycles. The molecule has 25 heavy (non-hydrogen) atoms. The Morgan fingerprint density at radius 1 is 1.44 bits per heavy atom. The van der Waals surface area contributed by atoms with Crippen molar-refractivity contribution in [1.82, 2.24) is 10.2 Å². The van der Waals surface area contributed by atoms with Crippen LogP contribution in [0.5, 0.6) is 5.75 Å². The Kier molecular flexibility index (Phi) is 5.33. The summed E-state index contributed by atoms with van der Waals surface area (Å²) in [6, 6.07) is 8.37. The van der Waals surface area contributed by atoms with Gasteiger partial charge in [0.1, 0.15) is 5.76 Å². The zero-order chi connectivity index (χ0) is 18.0. The molecule has 1 aliphatic rings. The summed E-state index contributed by atoms with van der Waals surface area (Å²) < 4.78 is 11.3. The van der Waals surface area contributed by atoms with Crippen molar-refractivity contribution in [3.8, 4) is 5.75 Å². The predicted octanol–water partition coefficient (Wildman–Crippen LogP) is 3.42. The summed E-state index contributed by atoms with van der Waals surface area (Å²) in [7, 11) is 1.66. The maximum absolute atomic E-state index is 12.2. The van der Waals surface area contributed by atoms with E-state index in [0.29, 0.717) is 18.5 Å². The quantitative estimate of drug-likeness (QED) is 0.903. The lowest BCUT2D eigenvalue weighted by atomic mass is 9.93. The van der Waals surface area contributed by atoms with E-state index in [0.717, 1.165) is 42.0 Å². The van der Waals surface area contributed by atoms with Crippen LogP contribution in [-0.2, 0) is 11.3 Å². The Labute approximate surface area is 149 Å². The van der Waals surface area contributed by atoms with Crippen LogP contribution in [0.4, 0.5) is 0 Å². The van der Waals surface area contributed by atoms with Crippen LogP contribution in [0.3, 0.4) is 0 Å². The van der Waals surface area contributed by atoms with Crippen molar-refractivity contribution in [1.29, 1.82) is 0 Å². The molecule has 2 aromatic rings. The lowest BCUT2D eigenvalue weighted by Crippen LogP contribution is -2.50. The molecule has 1 N–H and O–H groups in total. The largest absolute Gasteiger partial charge is 0.493 e. The number of nitrogens with one attached hydrogen (secondary N) is 1. The highest BCUT2D eigenvalue weighted by molar-refractivity contribution is 5.83. The van der Waals surface area contributed by atoms with Crippen LogP contribution in [0.2, 0.25) is 0 Å². The van der Waals surface area contributed by atoms with Crippen LogP contribution in [0.25, 0.3) is 11.0 Å². The third-order valence-electron chi connectivity index (χ3n) is 5.03. The number of para-hydroxylation sites is 1. The van der Waals surface area contributed by atoms with Gasteiger partial charge in [0.2, 0.25) is 5.91 Å². The number of furan rings is 1. The zero-order valence-electron chi connectivity index (χ0n) is 15.5. The second-order valence-electron chi connectivity index (χ2n) is 7.28. The summed E-state index contributed by atoms with van der Waals surface area (Å²) in [4.78, 5) is 14.2. The molecule has 0 aliphatic carbocycles. The minimum atomic E-state index is 0.0715. The lowest BCUT2D eigenvalue weighted by Gasteiger charge is -2.38. The molecule has 1 aliphatic heterocycles. The smallest absolute Gasteiger partial charge is 0.225 e. The van der Waals surface area contributed by atoms with Gasteiger partial charge in [-0.3, -0.25) is 4.79 Å². The number of amides is 1. The number of hydrogen-bond acceptors (Lipinski definition) is 4. The Bertz CT molecular complexity index is 738. The van der Waals surface area contributed by atoms with Gasteiger partial charge in [-0.05, 0) is 24.5 Å². The van der Waals surface area contributed by atoms with Gasteiger partial charge < -0.3 is 19.4 Å². The standard InChI is InChI=1S/C20H28N2O3/c1-13(2)20(23)22-9-8-17(14(3)12-22)21-11-16-10-15-6-5-7-18(24-4)19(15)25-16/h5-7,10,13-14,17,21H,8-9,11-12H2,1-4H3/t14-,17-/m0/s1. The number of likely N-dealkylation sites (tertiary alicyclic amines) is 1. The van der Waals surface area contributed by atoms with Crippen LogP contribution < -0.4 is 10.1 Å². The fraction of sp³-hybridized carbons (Fsp3) is 0.550. The molecule has 0 unspecified atom stereocenters. The van der Waals surface area contributed by atoms with Gasteiger partial charge in [0.05, 0.1) is 13.7 Å². The molecule has 0 bridgehead atoms. The maximum atomic E-state index is 12.2. The molecule has 5 nitrogen and oxygen atoms in total. The van der Waals surface area contributed by atoms with Gasteiger partial charge in [-0.15, -0.1) is 0 Å². The predicted molar refractivity (Wildman–Crippen MR) is 98.6 cm³/mol. The molecule has 1 aromatic heterocycles. The molecule has 1 aromatic carbocycles. The first-order chi connectivity index (χ1) is 12.0. The summed E-state index contributed by atoms with van der Waals surface area (Å²) in [5.74, 6) is 2.43. The van der Waals surface area contributed by atoms with Gasteiger partial charge in [0.25, 0.3) is 0 Å². The zero-order valence-corrected chi connectivity index (χ0v) is 15.5. The van der Waals surface area contributed by atoms with Crippen molar-refractivity contribution < 1.29 is 13.9 Å². The van der Waals surface area contributed by atoms with Crippen molar-refractivity contribution in [3.63, 3.8) is 0 Å².